The summed E-state index contributed by atoms with van der Waals surface area (Å²) < 4.78 is 12.8. The van der Waals surface area contributed by atoms with Crippen LogP contribution in [0.1, 0.15) is 49.6 Å². The van der Waals surface area contributed by atoms with Gasteiger partial charge in [0.25, 0.3) is 0 Å². The second-order valence-corrected chi connectivity index (χ2v) is 6.62. The number of ether oxygens (including phenoxy) is 1. The average Bonchev–Trinajstić information content (AvgIpc) is 3.30. The van der Waals surface area contributed by atoms with Crippen LogP contribution in [0.25, 0.3) is 0 Å². The van der Waals surface area contributed by atoms with E-state index in [4.69, 9.17) is 14.1 Å². The van der Waals surface area contributed by atoms with Gasteiger partial charge in [0.1, 0.15) is 17.4 Å². The van der Waals surface area contributed by atoms with Crippen molar-refractivity contribution in [1.29, 1.82) is 0 Å². The molecule has 2 aromatic heterocycles. The fraction of sp³-hybridized carbons (Fsp3) is 0.632. The van der Waals surface area contributed by atoms with Crippen molar-refractivity contribution in [2.45, 2.75) is 52.1 Å². The van der Waals surface area contributed by atoms with E-state index in [0.29, 0.717) is 6.54 Å². The number of fused-ring (bicyclic) bond motifs is 1. The predicted molar refractivity (Wildman–Crippen MR) is 119 cm³/mol. The highest BCUT2D eigenvalue weighted by molar-refractivity contribution is 14.0. The topological polar surface area (TPSA) is 89.5 Å². The molecule has 1 aliphatic heterocycles. The molecule has 0 amide bonds. The largest absolute Gasteiger partial charge is 0.469 e. The van der Waals surface area contributed by atoms with Crippen molar-refractivity contribution in [2.75, 3.05) is 26.3 Å². The average molecular weight is 502 g/mol. The first kappa shape index (κ1) is 22.7. The van der Waals surface area contributed by atoms with Crippen LogP contribution in [-0.4, -0.2) is 47.0 Å². The maximum absolute atomic E-state index is 5.40. The molecule has 0 radical (unpaired) electrons. The van der Waals surface area contributed by atoms with E-state index in [1.165, 1.54) is 0 Å². The molecule has 0 saturated carbocycles. The summed E-state index contributed by atoms with van der Waals surface area (Å²) in [6.07, 6.45) is 5.52. The lowest BCUT2D eigenvalue weighted by atomic mass is 10.1. The Hall–Kier alpha value is -1.62. The number of nitrogens with one attached hydrogen (secondary N) is 2. The van der Waals surface area contributed by atoms with E-state index >= 15 is 0 Å². The maximum Gasteiger partial charge on any atom is 0.191 e. The van der Waals surface area contributed by atoms with Crippen LogP contribution in [0.5, 0.6) is 0 Å². The first-order chi connectivity index (χ1) is 13.3. The number of aliphatic imine (C=N–C) groups is 1. The minimum Gasteiger partial charge on any atom is -0.469 e. The third-order valence-corrected chi connectivity index (χ3v) is 4.46. The zero-order chi connectivity index (χ0) is 18.9. The minimum atomic E-state index is 0. The SMILES string of the molecule is CCOCCCN=C(NCCc1ccco1)NC1CCCn2nc(C)nc21.I. The fourth-order valence-electron chi connectivity index (χ4n) is 3.18. The van der Waals surface area contributed by atoms with E-state index in [-0.39, 0.29) is 30.0 Å². The lowest BCUT2D eigenvalue weighted by molar-refractivity contribution is 0.146. The van der Waals surface area contributed by atoms with Gasteiger partial charge in [0.2, 0.25) is 0 Å². The smallest absolute Gasteiger partial charge is 0.191 e. The molecular formula is C19H31IN6O2. The first-order valence-electron chi connectivity index (χ1n) is 9.82. The molecule has 0 saturated heterocycles. The molecule has 1 unspecified atom stereocenters. The fourth-order valence-corrected chi connectivity index (χ4v) is 3.18. The van der Waals surface area contributed by atoms with Gasteiger partial charge in [-0.25, -0.2) is 9.67 Å². The quantitative estimate of drug-likeness (QED) is 0.237. The second kappa shape index (κ2) is 12.1. The van der Waals surface area contributed by atoms with Crippen LogP contribution < -0.4 is 10.6 Å². The number of guanidine groups is 1. The summed E-state index contributed by atoms with van der Waals surface area (Å²) in [5.74, 6) is 3.58. The Morgan fingerprint density at radius 1 is 1.46 bits per heavy atom. The van der Waals surface area contributed by atoms with Gasteiger partial charge in [-0.3, -0.25) is 4.99 Å². The molecule has 2 N–H and O–H groups in total. The Balaban J connectivity index is 0.00000280. The van der Waals surface area contributed by atoms with Crippen LogP contribution in [0.15, 0.2) is 27.8 Å². The molecule has 8 nitrogen and oxygen atoms in total. The number of aromatic nitrogens is 3. The normalized spacial score (nSPS) is 16.4. The highest BCUT2D eigenvalue weighted by Crippen LogP contribution is 2.22. The van der Waals surface area contributed by atoms with Crippen molar-refractivity contribution in [3.63, 3.8) is 0 Å². The Labute approximate surface area is 183 Å². The van der Waals surface area contributed by atoms with E-state index in [1.807, 2.05) is 30.7 Å². The van der Waals surface area contributed by atoms with E-state index in [9.17, 15) is 0 Å². The van der Waals surface area contributed by atoms with E-state index < -0.39 is 0 Å². The zero-order valence-corrected chi connectivity index (χ0v) is 19.0. The Morgan fingerprint density at radius 3 is 3.14 bits per heavy atom. The lowest BCUT2D eigenvalue weighted by Crippen LogP contribution is -2.42. The monoisotopic (exact) mass is 502 g/mol. The van der Waals surface area contributed by atoms with Gasteiger partial charge < -0.3 is 19.8 Å². The van der Waals surface area contributed by atoms with Crippen LogP contribution in [0.2, 0.25) is 0 Å². The molecular weight excluding hydrogens is 471 g/mol. The molecule has 0 fully saturated rings. The molecule has 1 atom stereocenters. The molecule has 3 rings (SSSR count). The van der Waals surface area contributed by atoms with Crippen molar-refractivity contribution >= 4 is 29.9 Å². The predicted octanol–water partition coefficient (Wildman–Crippen LogP) is 2.84. The second-order valence-electron chi connectivity index (χ2n) is 6.62. The summed E-state index contributed by atoms with van der Waals surface area (Å²) in [7, 11) is 0. The van der Waals surface area contributed by atoms with Crippen LogP contribution >= 0.6 is 24.0 Å². The molecule has 0 bridgehead atoms. The van der Waals surface area contributed by atoms with Gasteiger partial charge in [0.05, 0.1) is 12.3 Å². The number of hydrogen-bond donors (Lipinski definition) is 2. The molecule has 0 aromatic carbocycles. The van der Waals surface area contributed by atoms with Gasteiger partial charge in [-0.1, -0.05) is 0 Å². The third-order valence-electron chi connectivity index (χ3n) is 4.46. The van der Waals surface area contributed by atoms with E-state index in [0.717, 1.165) is 75.4 Å². The summed E-state index contributed by atoms with van der Waals surface area (Å²) in [6.45, 7) is 7.82. The van der Waals surface area contributed by atoms with Crippen LogP contribution in [0.3, 0.4) is 0 Å². The molecule has 156 valence electrons. The van der Waals surface area contributed by atoms with Crippen molar-refractivity contribution in [1.82, 2.24) is 25.4 Å². The number of halogens is 1. The van der Waals surface area contributed by atoms with Crippen molar-refractivity contribution in [3.8, 4) is 0 Å². The first-order valence-corrected chi connectivity index (χ1v) is 9.82. The summed E-state index contributed by atoms with van der Waals surface area (Å²) in [5.41, 5.74) is 0. The number of furan rings is 1. The number of aryl methyl sites for hydroxylation is 2. The van der Waals surface area contributed by atoms with Crippen LogP contribution in [0, 0.1) is 6.92 Å². The highest BCUT2D eigenvalue weighted by atomic mass is 127. The molecule has 0 spiro atoms. The van der Waals surface area contributed by atoms with Gasteiger partial charge >= 0.3 is 0 Å². The Kier molecular flexibility index (Phi) is 9.76. The lowest BCUT2D eigenvalue weighted by Gasteiger charge is -2.25. The summed E-state index contributed by atoms with van der Waals surface area (Å²) >= 11 is 0. The molecule has 28 heavy (non-hydrogen) atoms. The van der Waals surface area contributed by atoms with Gasteiger partial charge in [-0.05, 0) is 45.2 Å². The molecule has 1 aliphatic rings. The van der Waals surface area contributed by atoms with Crippen molar-refractivity contribution < 1.29 is 9.15 Å². The zero-order valence-electron chi connectivity index (χ0n) is 16.7. The van der Waals surface area contributed by atoms with Crippen LogP contribution in [-0.2, 0) is 17.7 Å². The van der Waals surface area contributed by atoms with Gasteiger partial charge in [-0.15, -0.1) is 24.0 Å². The number of rotatable bonds is 9. The van der Waals surface area contributed by atoms with Gasteiger partial charge in [0.15, 0.2) is 5.96 Å². The maximum atomic E-state index is 5.40. The summed E-state index contributed by atoms with van der Waals surface area (Å²) in [4.78, 5) is 9.31. The van der Waals surface area contributed by atoms with Crippen molar-refractivity contribution in [3.05, 3.63) is 35.8 Å². The molecule has 0 aliphatic carbocycles. The van der Waals surface area contributed by atoms with E-state index in [1.54, 1.807) is 6.26 Å². The summed E-state index contributed by atoms with van der Waals surface area (Å²) in [5, 5.41) is 11.4. The number of hydrogen-bond acceptors (Lipinski definition) is 5. The third kappa shape index (κ3) is 6.77. The molecule has 2 aromatic rings. The number of nitrogens with zero attached hydrogens (tertiary/aromatic N) is 4. The van der Waals surface area contributed by atoms with Gasteiger partial charge in [-0.2, -0.15) is 5.10 Å². The Morgan fingerprint density at radius 2 is 2.36 bits per heavy atom. The summed E-state index contributed by atoms with van der Waals surface area (Å²) in [6, 6.07) is 4.02. The Bertz CT molecular complexity index is 716. The molecule has 9 heteroatoms. The van der Waals surface area contributed by atoms with Crippen molar-refractivity contribution in [2.24, 2.45) is 4.99 Å². The van der Waals surface area contributed by atoms with Gasteiger partial charge in [0, 0.05) is 39.3 Å². The standard InChI is InChI=1S/C19H30N6O2.HI/c1-3-26-13-6-10-20-19(21-11-9-16-7-5-14-27-16)23-17-8-4-12-25-18(17)22-15(2)24-25;/h5,7,14,17H,3-4,6,8-13H2,1-2H3,(H2,20,21,23);1H. The highest BCUT2D eigenvalue weighted by Gasteiger charge is 2.24. The molecule has 3 heterocycles. The van der Waals surface area contributed by atoms with E-state index in [2.05, 4.69) is 20.7 Å². The minimum absolute atomic E-state index is 0. The van der Waals surface area contributed by atoms with Crippen LogP contribution in [0.4, 0.5) is 0 Å².